The van der Waals surface area contributed by atoms with Crippen LogP contribution in [0.1, 0.15) is 67.4 Å². The number of nitrogens with two attached hydrogens (primary N) is 1. The first-order chi connectivity index (χ1) is 18.9. The molecule has 0 unspecified atom stereocenters. The Kier molecular flexibility index (Phi) is 9.19. The number of piperidine rings is 1. The molecule has 2 amide bonds. The zero-order valence-electron chi connectivity index (χ0n) is 23.1. The van der Waals surface area contributed by atoms with Crippen molar-refractivity contribution in [3.63, 3.8) is 0 Å². The van der Waals surface area contributed by atoms with Crippen LogP contribution in [-0.4, -0.2) is 65.7 Å². The van der Waals surface area contributed by atoms with Crippen LogP contribution in [0, 0.1) is 23.1 Å². The lowest BCUT2D eigenvalue weighted by Crippen LogP contribution is -2.44. The molecule has 4 rings (SSSR count). The fourth-order valence-corrected chi connectivity index (χ4v) is 5.94. The van der Waals surface area contributed by atoms with Gasteiger partial charge in [0.25, 0.3) is 5.91 Å². The lowest BCUT2D eigenvalue weighted by atomic mass is 9.89. The second kappa shape index (κ2) is 12.4. The summed E-state index contributed by atoms with van der Waals surface area (Å²) in [6.45, 7) is 5.24. The Morgan fingerprint density at radius 2 is 1.88 bits per heavy atom. The molecular formula is C31H37F3N4O2. The van der Waals surface area contributed by atoms with Crippen molar-refractivity contribution >= 4 is 11.8 Å². The molecule has 6 nitrogen and oxygen atoms in total. The highest BCUT2D eigenvalue weighted by Gasteiger charge is 2.39. The predicted octanol–water partition coefficient (Wildman–Crippen LogP) is 5.19. The number of amides is 2. The van der Waals surface area contributed by atoms with Gasteiger partial charge in [0.1, 0.15) is 23.7 Å². The number of hydrogen-bond acceptors (Lipinski definition) is 4. The highest BCUT2D eigenvalue weighted by Crippen LogP contribution is 2.30. The molecule has 2 atom stereocenters. The number of benzene rings is 2. The average molecular weight is 555 g/mol. The standard InChI is InChI=1S/C31H37F3N4O2/c1-31(2,34)19-37-12-10-20(11-13-37)4-3-5-21-6-8-25(23(14-21)17-35)22-7-9-26(27(33)15-22)30(40)38-18-24(32)16-28(38)29(36)39/h6-9,14-15,20,24,28H,3-5,10-13,16,18-19H2,1-2H3,(H2,36,39)/t24-,28-/m0/s1. The predicted molar refractivity (Wildman–Crippen MR) is 147 cm³/mol. The molecule has 2 heterocycles. The molecule has 0 aliphatic carbocycles. The lowest BCUT2D eigenvalue weighted by Gasteiger charge is -2.34. The molecule has 2 aromatic rings. The third-order valence-corrected chi connectivity index (χ3v) is 7.94. The second-order valence-corrected chi connectivity index (χ2v) is 11.7. The van der Waals surface area contributed by atoms with Crippen LogP contribution in [0.3, 0.4) is 0 Å². The number of nitrogens with zero attached hydrogens (tertiary/aromatic N) is 3. The highest BCUT2D eigenvalue weighted by atomic mass is 19.1. The molecule has 0 radical (unpaired) electrons. The van der Waals surface area contributed by atoms with Crippen molar-refractivity contribution < 1.29 is 22.8 Å². The summed E-state index contributed by atoms with van der Waals surface area (Å²) < 4.78 is 42.8. The van der Waals surface area contributed by atoms with Gasteiger partial charge < -0.3 is 15.5 Å². The second-order valence-electron chi connectivity index (χ2n) is 11.7. The summed E-state index contributed by atoms with van der Waals surface area (Å²) in [5.41, 5.74) is 6.27. The van der Waals surface area contributed by atoms with Gasteiger partial charge in [-0.3, -0.25) is 9.59 Å². The van der Waals surface area contributed by atoms with Crippen LogP contribution >= 0.6 is 0 Å². The number of alkyl halides is 2. The van der Waals surface area contributed by atoms with Gasteiger partial charge in [0, 0.05) is 13.0 Å². The van der Waals surface area contributed by atoms with Crippen LogP contribution in [0.2, 0.25) is 0 Å². The van der Waals surface area contributed by atoms with E-state index in [2.05, 4.69) is 11.0 Å². The van der Waals surface area contributed by atoms with Crippen LogP contribution in [-0.2, 0) is 11.2 Å². The van der Waals surface area contributed by atoms with Gasteiger partial charge in [0.15, 0.2) is 0 Å². The van der Waals surface area contributed by atoms with E-state index >= 15 is 4.39 Å². The largest absolute Gasteiger partial charge is 0.368 e. The number of primary amides is 1. The lowest BCUT2D eigenvalue weighted by molar-refractivity contribution is -0.121. The minimum Gasteiger partial charge on any atom is -0.368 e. The molecule has 0 aromatic heterocycles. The maximum absolute atomic E-state index is 15.1. The summed E-state index contributed by atoms with van der Waals surface area (Å²) in [4.78, 5) is 27.7. The first kappa shape index (κ1) is 29.6. The maximum atomic E-state index is 15.1. The number of carbonyl (C=O) groups is 2. The summed E-state index contributed by atoms with van der Waals surface area (Å²) in [5, 5.41) is 9.79. The minimum absolute atomic E-state index is 0.198. The first-order valence-corrected chi connectivity index (χ1v) is 13.9. The number of carbonyl (C=O) groups excluding carboxylic acids is 2. The number of likely N-dealkylation sites (tertiary alicyclic amines) is 2. The minimum atomic E-state index is -1.39. The molecule has 2 aromatic carbocycles. The Balaban J connectivity index is 1.37. The smallest absolute Gasteiger partial charge is 0.257 e. The van der Waals surface area contributed by atoms with Gasteiger partial charge in [-0.2, -0.15) is 5.26 Å². The van der Waals surface area contributed by atoms with Crippen LogP contribution < -0.4 is 5.73 Å². The van der Waals surface area contributed by atoms with E-state index < -0.39 is 35.5 Å². The monoisotopic (exact) mass is 554 g/mol. The third-order valence-electron chi connectivity index (χ3n) is 7.94. The number of halogens is 3. The fourth-order valence-electron chi connectivity index (χ4n) is 5.94. The van der Waals surface area contributed by atoms with Gasteiger partial charge >= 0.3 is 0 Å². The summed E-state index contributed by atoms with van der Waals surface area (Å²) in [7, 11) is 0. The molecule has 2 N–H and O–H groups in total. The Morgan fingerprint density at radius 3 is 2.50 bits per heavy atom. The number of aryl methyl sites for hydroxylation is 1. The summed E-state index contributed by atoms with van der Waals surface area (Å²) >= 11 is 0. The van der Waals surface area contributed by atoms with E-state index in [9.17, 15) is 23.6 Å². The SMILES string of the molecule is CC(C)(F)CN1CCC(CCCc2ccc(-c3ccc(C(=O)N4C[C@@H](F)C[C@H]4C(N)=O)c(F)c3)c(C#N)c2)CC1. The van der Waals surface area contributed by atoms with E-state index in [4.69, 9.17) is 5.73 Å². The molecule has 2 saturated heterocycles. The maximum Gasteiger partial charge on any atom is 0.257 e. The van der Waals surface area contributed by atoms with Crippen molar-refractivity contribution in [1.82, 2.24) is 9.80 Å². The van der Waals surface area contributed by atoms with Crippen LogP contribution in [0.25, 0.3) is 11.1 Å². The van der Waals surface area contributed by atoms with Gasteiger partial charge in [-0.25, -0.2) is 13.2 Å². The third kappa shape index (κ3) is 7.22. The van der Waals surface area contributed by atoms with Crippen LogP contribution in [0.4, 0.5) is 13.2 Å². The van der Waals surface area contributed by atoms with Crippen molar-refractivity contribution in [2.75, 3.05) is 26.2 Å². The number of nitriles is 1. The zero-order valence-corrected chi connectivity index (χ0v) is 23.1. The molecular weight excluding hydrogens is 517 g/mol. The van der Waals surface area contributed by atoms with Crippen molar-refractivity contribution in [1.29, 1.82) is 5.26 Å². The Hall–Kier alpha value is -3.38. The van der Waals surface area contributed by atoms with Gasteiger partial charge in [-0.05, 0) is 93.4 Å². The van der Waals surface area contributed by atoms with Gasteiger partial charge in [0.05, 0.1) is 23.7 Å². The molecule has 9 heteroatoms. The summed E-state index contributed by atoms with van der Waals surface area (Å²) in [6.07, 6.45) is 3.42. The average Bonchev–Trinajstić information content (AvgIpc) is 3.30. The highest BCUT2D eigenvalue weighted by molar-refractivity contribution is 5.98. The molecule has 0 bridgehead atoms. The van der Waals surface area contributed by atoms with Crippen molar-refractivity contribution in [3.8, 4) is 17.2 Å². The van der Waals surface area contributed by atoms with E-state index in [1.165, 1.54) is 12.1 Å². The molecule has 2 aliphatic heterocycles. The zero-order chi connectivity index (χ0) is 29.0. The number of hydrogen-bond donors (Lipinski definition) is 1. The molecule has 2 fully saturated rings. The van der Waals surface area contributed by atoms with Gasteiger partial charge in [-0.15, -0.1) is 0 Å². The van der Waals surface area contributed by atoms with Crippen LogP contribution in [0.5, 0.6) is 0 Å². The van der Waals surface area contributed by atoms with Crippen molar-refractivity contribution in [2.24, 2.45) is 11.7 Å². The van der Waals surface area contributed by atoms with Gasteiger partial charge in [0.2, 0.25) is 5.91 Å². The van der Waals surface area contributed by atoms with Crippen LogP contribution in [0.15, 0.2) is 36.4 Å². The Bertz CT molecular complexity index is 1280. The molecule has 214 valence electrons. The van der Waals surface area contributed by atoms with E-state index in [1.807, 2.05) is 12.1 Å². The van der Waals surface area contributed by atoms with E-state index in [1.54, 1.807) is 26.0 Å². The Morgan fingerprint density at radius 1 is 1.15 bits per heavy atom. The number of rotatable bonds is 9. The molecule has 40 heavy (non-hydrogen) atoms. The quantitative estimate of drug-likeness (QED) is 0.462. The van der Waals surface area contributed by atoms with E-state index in [0.29, 0.717) is 29.2 Å². The normalized spacial score (nSPS) is 20.4. The summed E-state index contributed by atoms with van der Waals surface area (Å²) in [6, 6.07) is 10.7. The van der Waals surface area contributed by atoms with Gasteiger partial charge in [-0.1, -0.05) is 24.6 Å². The van der Waals surface area contributed by atoms with Crippen molar-refractivity contribution in [3.05, 3.63) is 58.9 Å². The van der Waals surface area contributed by atoms with E-state index in [-0.39, 0.29) is 18.5 Å². The Labute approximate surface area is 233 Å². The summed E-state index contributed by atoms with van der Waals surface area (Å²) in [5.74, 6) is -1.82. The molecule has 0 saturated carbocycles. The fraction of sp³-hybridized carbons (Fsp3) is 0.516. The molecule has 0 spiro atoms. The van der Waals surface area contributed by atoms with Crippen molar-refractivity contribution in [2.45, 2.75) is 70.3 Å². The first-order valence-electron chi connectivity index (χ1n) is 13.9. The molecule has 2 aliphatic rings. The topological polar surface area (TPSA) is 90.4 Å². The van der Waals surface area contributed by atoms with E-state index in [0.717, 1.165) is 55.7 Å².